The molecule has 1 fully saturated rings. The number of nitrogens with zero attached hydrogens (tertiary/aromatic N) is 1. The Hall–Kier alpha value is -0.410. The molecular weight excluding hydrogens is 156 g/mol. The van der Waals surface area contributed by atoms with Gasteiger partial charge in [0.1, 0.15) is 0 Å². The van der Waals surface area contributed by atoms with Crippen molar-refractivity contribution in [1.29, 1.82) is 0 Å². The molecule has 0 saturated carbocycles. The lowest BCUT2D eigenvalue weighted by molar-refractivity contribution is 0.753. The lowest BCUT2D eigenvalue weighted by Crippen LogP contribution is -2.07. The Kier molecular flexibility index (Phi) is 1.92. The van der Waals surface area contributed by atoms with Crippen molar-refractivity contribution in [2.45, 2.75) is 19.3 Å². The summed E-state index contributed by atoms with van der Waals surface area (Å²) in [6.45, 7) is 4.33. The van der Waals surface area contributed by atoms with Gasteiger partial charge in [-0.05, 0) is 19.9 Å². The van der Waals surface area contributed by atoms with Gasteiger partial charge < -0.3 is 5.32 Å². The largest absolute Gasteiger partial charge is 0.316 e. The highest BCUT2D eigenvalue weighted by molar-refractivity contribution is 7.09. The van der Waals surface area contributed by atoms with E-state index in [4.69, 9.17) is 0 Å². The monoisotopic (exact) mass is 168 g/mol. The van der Waals surface area contributed by atoms with Crippen molar-refractivity contribution in [1.82, 2.24) is 10.3 Å². The molecule has 1 aliphatic heterocycles. The predicted octanol–water partition coefficient (Wildman–Crippen LogP) is 1.53. The minimum atomic E-state index is 0.689. The van der Waals surface area contributed by atoms with Crippen LogP contribution in [0.3, 0.4) is 0 Å². The normalized spacial score (nSPS) is 24.3. The summed E-state index contributed by atoms with van der Waals surface area (Å²) < 4.78 is 0. The van der Waals surface area contributed by atoms with E-state index in [1.807, 2.05) is 0 Å². The van der Waals surface area contributed by atoms with Crippen molar-refractivity contribution < 1.29 is 0 Å². The lowest BCUT2D eigenvalue weighted by atomic mass is 10.1. The number of rotatable bonds is 1. The van der Waals surface area contributed by atoms with Crippen molar-refractivity contribution in [3.63, 3.8) is 0 Å². The quantitative estimate of drug-likeness (QED) is 0.688. The van der Waals surface area contributed by atoms with Gasteiger partial charge in [0.2, 0.25) is 0 Å². The van der Waals surface area contributed by atoms with Gasteiger partial charge in [-0.15, -0.1) is 11.3 Å². The summed E-state index contributed by atoms with van der Waals surface area (Å²) in [6.07, 6.45) is 1.26. The van der Waals surface area contributed by atoms with Gasteiger partial charge in [-0.25, -0.2) is 4.98 Å². The van der Waals surface area contributed by atoms with Crippen LogP contribution in [0.25, 0.3) is 0 Å². The fourth-order valence-electron chi connectivity index (χ4n) is 1.43. The molecule has 0 amide bonds. The lowest BCUT2D eigenvalue weighted by Gasteiger charge is -2.00. The molecule has 0 spiro atoms. The van der Waals surface area contributed by atoms with E-state index in [9.17, 15) is 0 Å². The van der Waals surface area contributed by atoms with Gasteiger partial charge in [-0.2, -0.15) is 0 Å². The van der Waals surface area contributed by atoms with Crippen molar-refractivity contribution in [3.8, 4) is 0 Å². The molecule has 0 aliphatic carbocycles. The van der Waals surface area contributed by atoms with E-state index in [0.29, 0.717) is 5.92 Å². The van der Waals surface area contributed by atoms with E-state index in [2.05, 4.69) is 22.6 Å². The molecule has 1 aromatic rings. The average Bonchev–Trinajstić information content (AvgIpc) is 2.55. The van der Waals surface area contributed by atoms with Crippen LogP contribution in [0, 0.1) is 6.92 Å². The van der Waals surface area contributed by atoms with Gasteiger partial charge in [-0.3, -0.25) is 0 Å². The van der Waals surface area contributed by atoms with Gasteiger partial charge in [0, 0.05) is 23.5 Å². The molecule has 1 atom stereocenters. The maximum absolute atomic E-state index is 4.47. The van der Waals surface area contributed by atoms with Crippen LogP contribution in [0.5, 0.6) is 0 Å². The standard InChI is InChI=1S/C8H12N2S/c1-6-5-11-8(10-6)7-2-3-9-4-7/h5,7,9H,2-4H2,1H3/t7-/m1/s1. The smallest absolute Gasteiger partial charge is 0.0972 e. The molecule has 2 nitrogen and oxygen atoms in total. The molecule has 1 saturated heterocycles. The number of nitrogens with one attached hydrogen (secondary N) is 1. The first-order valence-electron chi connectivity index (χ1n) is 3.99. The van der Waals surface area contributed by atoms with E-state index >= 15 is 0 Å². The third-order valence-corrected chi connectivity index (χ3v) is 3.17. The first kappa shape index (κ1) is 7.25. The van der Waals surface area contributed by atoms with Crippen LogP contribution >= 0.6 is 11.3 Å². The first-order valence-corrected chi connectivity index (χ1v) is 4.87. The molecule has 0 unspecified atom stereocenters. The second-order valence-corrected chi connectivity index (χ2v) is 3.91. The fraction of sp³-hybridized carbons (Fsp3) is 0.625. The van der Waals surface area contributed by atoms with Gasteiger partial charge in [-0.1, -0.05) is 0 Å². The Morgan fingerprint density at radius 1 is 1.73 bits per heavy atom. The SMILES string of the molecule is Cc1csc([C@@H]2CCNC2)n1. The molecule has 2 heterocycles. The second kappa shape index (κ2) is 2.91. The molecule has 0 radical (unpaired) electrons. The van der Waals surface area contributed by atoms with Crippen molar-refractivity contribution in [2.75, 3.05) is 13.1 Å². The number of thiazole rings is 1. The van der Waals surface area contributed by atoms with Gasteiger partial charge in [0.05, 0.1) is 5.01 Å². The summed E-state index contributed by atoms with van der Waals surface area (Å²) in [5.74, 6) is 0.689. The maximum Gasteiger partial charge on any atom is 0.0972 e. The summed E-state index contributed by atoms with van der Waals surface area (Å²) in [4.78, 5) is 4.47. The Balaban J connectivity index is 2.15. The van der Waals surface area contributed by atoms with E-state index < -0.39 is 0 Å². The van der Waals surface area contributed by atoms with E-state index in [1.165, 1.54) is 11.4 Å². The predicted molar refractivity (Wildman–Crippen MR) is 47.1 cm³/mol. The van der Waals surface area contributed by atoms with E-state index in [0.717, 1.165) is 18.8 Å². The molecule has 2 rings (SSSR count). The van der Waals surface area contributed by atoms with E-state index in [-0.39, 0.29) is 0 Å². The average molecular weight is 168 g/mol. The minimum Gasteiger partial charge on any atom is -0.316 e. The molecule has 1 N–H and O–H groups in total. The zero-order valence-electron chi connectivity index (χ0n) is 6.63. The fourth-order valence-corrected chi connectivity index (χ4v) is 2.36. The molecule has 1 aromatic heterocycles. The van der Waals surface area contributed by atoms with Crippen molar-refractivity contribution in [2.24, 2.45) is 0 Å². The zero-order valence-corrected chi connectivity index (χ0v) is 7.45. The molecule has 11 heavy (non-hydrogen) atoms. The number of hydrogen-bond donors (Lipinski definition) is 1. The molecule has 0 bridgehead atoms. The summed E-state index contributed by atoms with van der Waals surface area (Å²) >= 11 is 1.80. The Morgan fingerprint density at radius 3 is 3.18 bits per heavy atom. The van der Waals surface area contributed by atoms with E-state index in [1.54, 1.807) is 11.3 Å². The van der Waals surface area contributed by atoms with Crippen LogP contribution in [0.2, 0.25) is 0 Å². The Morgan fingerprint density at radius 2 is 2.64 bits per heavy atom. The highest BCUT2D eigenvalue weighted by Gasteiger charge is 2.18. The number of aryl methyl sites for hydroxylation is 1. The van der Waals surface area contributed by atoms with Crippen LogP contribution in [0.4, 0.5) is 0 Å². The number of hydrogen-bond acceptors (Lipinski definition) is 3. The third kappa shape index (κ3) is 1.44. The highest BCUT2D eigenvalue weighted by atomic mass is 32.1. The topological polar surface area (TPSA) is 24.9 Å². The van der Waals surface area contributed by atoms with Crippen LogP contribution in [-0.2, 0) is 0 Å². The molecule has 60 valence electrons. The summed E-state index contributed by atoms with van der Waals surface area (Å²) in [5.41, 5.74) is 1.16. The highest BCUT2D eigenvalue weighted by Crippen LogP contribution is 2.24. The summed E-state index contributed by atoms with van der Waals surface area (Å²) in [5, 5.41) is 6.79. The van der Waals surface area contributed by atoms with Crippen LogP contribution in [0.15, 0.2) is 5.38 Å². The summed E-state index contributed by atoms with van der Waals surface area (Å²) in [6, 6.07) is 0. The maximum atomic E-state index is 4.47. The second-order valence-electron chi connectivity index (χ2n) is 3.02. The summed E-state index contributed by atoms with van der Waals surface area (Å²) in [7, 11) is 0. The van der Waals surface area contributed by atoms with Gasteiger partial charge in [0.25, 0.3) is 0 Å². The van der Waals surface area contributed by atoms with Gasteiger partial charge in [0.15, 0.2) is 0 Å². The van der Waals surface area contributed by atoms with Crippen LogP contribution in [0.1, 0.15) is 23.0 Å². The molecule has 0 aromatic carbocycles. The Bertz CT molecular complexity index is 238. The molecular formula is C8H12N2S. The van der Waals surface area contributed by atoms with Crippen LogP contribution in [-0.4, -0.2) is 18.1 Å². The van der Waals surface area contributed by atoms with Gasteiger partial charge >= 0.3 is 0 Å². The van der Waals surface area contributed by atoms with Crippen molar-refractivity contribution >= 4 is 11.3 Å². The Labute approximate surface area is 70.7 Å². The van der Waals surface area contributed by atoms with Crippen molar-refractivity contribution in [3.05, 3.63) is 16.1 Å². The zero-order chi connectivity index (χ0) is 7.68. The van der Waals surface area contributed by atoms with Crippen LogP contribution < -0.4 is 5.32 Å². The number of aromatic nitrogens is 1. The molecule has 3 heteroatoms. The minimum absolute atomic E-state index is 0.689. The third-order valence-electron chi connectivity index (χ3n) is 2.05. The first-order chi connectivity index (χ1) is 5.36. The molecule has 1 aliphatic rings.